The van der Waals surface area contributed by atoms with E-state index in [4.69, 9.17) is 19.9 Å². The number of aromatic nitrogens is 2. The fourth-order valence-corrected chi connectivity index (χ4v) is 2.50. The largest absolute Gasteiger partial charge is 0.463 e. The number of ether oxygens (including phenoxy) is 3. The number of halogens is 3. The van der Waals surface area contributed by atoms with E-state index in [1.165, 1.54) is 0 Å². The average Bonchev–Trinajstić information content (AvgIpc) is 2.80. The second-order valence-corrected chi connectivity index (χ2v) is 5.66. The molecule has 1 aliphatic rings. The molecule has 10 nitrogen and oxygen atoms in total. The van der Waals surface area contributed by atoms with Crippen LogP contribution >= 0.6 is 0 Å². The third kappa shape index (κ3) is 4.54. The molecule has 27 heavy (non-hydrogen) atoms. The Morgan fingerprint density at radius 1 is 1.37 bits per heavy atom. The predicted octanol–water partition coefficient (Wildman–Crippen LogP) is -0.403. The number of hydrogen-bond donors (Lipinski definition) is 2. The number of hydrogen-bond acceptors (Lipinski definition) is 9. The quantitative estimate of drug-likeness (QED) is 0.651. The molecule has 13 heteroatoms. The monoisotopic (exact) mass is 395 g/mol. The molecule has 4 atom stereocenters. The number of anilines is 1. The number of alkyl halides is 3. The van der Waals surface area contributed by atoms with Crippen LogP contribution < -0.4 is 11.4 Å². The minimum atomic E-state index is -4.91. The van der Waals surface area contributed by atoms with Crippen LogP contribution in [-0.2, 0) is 30.0 Å². The number of nitrogens with two attached hydrogens (primary N) is 1. The number of carbonyl (C=O) groups is 2. The van der Waals surface area contributed by atoms with Crippen molar-refractivity contribution in [3.8, 4) is 0 Å². The molecule has 0 amide bonds. The summed E-state index contributed by atoms with van der Waals surface area (Å²) in [6.07, 6.45) is -10.6. The number of nitrogen functional groups attached to an aromatic ring is 1. The van der Waals surface area contributed by atoms with Crippen molar-refractivity contribution in [1.29, 1.82) is 0 Å². The van der Waals surface area contributed by atoms with E-state index in [0.29, 0.717) is 10.8 Å². The molecule has 1 aromatic rings. The molecule has 1 aromatic heterocycles. The van der Waals surface area contributed by atoms with Crippen LogP contribution in [0.5, 0.6) is 0 Å². The van der Waals surface area contributed by atoms with Gasteiger partial charge in [0.05, 0.1) is 0 Å². The van der Waals surface area contributed by atoms with Gasteiger partial charge >= 0.3 is 23.8 Å². The Balaban J connectivity index is 2.41. The van der Waals surface area contributed by atoms with Gasteiger partial charge in [0.1, 0.15) is 30.2 Å². The van der Waals surface area contributed by atoms with Crippen LogP contribution in [0, 0.1) is 0 Å². The minimum absolute atomic E-state index is 0.345. The first-order valence-corrected chi connectivity index (χ1v) is 7.51. The molecule has 1 saturated heterocycles. The standard InChI is InChI=1S/C14H16F3N3O7/c1-5(21)25-4-8-10(26-6(2)22)9(23)12(27-8)20-3-7(14(15,16)17)11(18)19-13(20)24/h3,8-10,12,23H,4H2,1-2H3,(H2,18,19,24)/t8-,9+,10-,12-/m1/s1. The number of aliphatic hydroxyl groups is 1. The topological polar surface area (TPSA) is 143 Å². The smallest absolute Gasteiger partial charge is 0.421 e. The van der Waals surface area contributed by atoms with Gasteiger partial charge in [-0.15, -0.1) is 0 Å². The fraction of sp³-hybridized carbons (Fsp3) is 0.571. The Labute approximate surface area is 149 Å². The highest BCUT2D eigenvalue weighted by molar-refractivity contribution is 5.66. The lowest BCUT2D eigenvalue weighted by Crippen LogP contribution is -2.39. The van der Waals surface area contributed by atoms with Gasteiger partial charge in [-0.25, -0.2) is 4.79 Å². The minimum Gasteiger partial charge on any atom is -0.463 e. The summed E-state index contributed by atoms with van der Waals surface area (Å²) >= 11 is 0. The van der Waals surface area contributed by atoms with Crippen molar-refractivity contribution in [1.82, 2.24) is 9.55 Å². The van der Waals surface area contributed by atoms with Crippen molar-refractivity contribution >= 4 is 17.8 Å². The molecule has 2 rings (SSSR count). The number of nitrogens with zero attached hydrogens (tertiary/aromatic N) is 2. The maximum Gasteiger partial charge on any atom is 0.421 e. The first-order valence-electron chi connectivity index (χ1n) is 7.51. The van der Waals surface area contributed by atoms with Crippen LogP contribution in [0.2, 0.25) is 0 Å². The fourth-order valence-electron chi connectivity index (χ4n) is 2.50. The number of aliphatic hydroxyl groups excluding tert-OH is 1. The summed E-state index contributed by atoms with van der Waals surface area (Å²) in [5, 5.41) is 10.3. The maximum atomic E-state index is 13.0. The SMILES string of the molecule is CC(=O)OC[C@H]1O[C@@H](n2cc(C(F)(F)F)c(N)nc2=O)[C@@H](O)[C@@H]1OC(C)=O. The average molecular weight is 395 g/mol. The highest BCUT2D eigenvalue weighted by Gasteiger charge is 2.48. The molecule has 0 aromatic carbocycles. The third-order valence-electron chi connectivity index (χ3n) is 3.62. The van der Waals surface area contributed by atoms with Crippen LogP contribution in [0.3, 0.4) is 0 Å². The summed E-state index contributed by atoms with van der Waals surface area (Å²) in [7, 11) is 0. The summed E-state index contributed by atoms with van der Waals surface area (Å²) in [5.74, 6) is -2.57. The Bertz CT molecular complexity index is 795. The van der Waals surface area contributed by atoms with E-state index in [2.05, 4.69) is 4.98 Å². The number of carbonyl (C=O) groups excluding carboxylic acids is 2. The molecule has 0 saturated carbocycles. The van der Waals surface area contributed by atoms with Gasteiger partial charge in [0, 0.05) is 20.0 Å². The molecule has 0 bridgehead atoms. The Morgan fingerprint density at radius 2 is 2.00 bits per heavy atom. The lowest BCUT2D eigenvalue weighted by Gasteiger charge is -2.20. The highest BCUT2D eigenvalue weighted by Crippen LogP contribution is 2.35. The number of rotatable bonds is 4. The van der Waals surface area contributed by atoms with Gasteiger partial charge < -0.3 is 25.1 Å². The second-order valence-electron chi connectivity index (χ2n) is 5.66. The van der Waals surface area contributed by atoms with Crippen LogP contribution in [0.4, 0.5) is 19.0 Å². The first-order chi connectivity index (χ1) is 12.4. The molecule has 3 N–H and O–H groups in total. The summed E-state index contributed by atoms with van der Waals surface area (Å²) < 4.78 is 54.4. The van der Waals surface area contributed by atoms with E-state index in [1.807, 2.05) is 0 Å². The maximum absolute atomic E-state index is 13.0. The van der Waals surface area contributed by atoms with Gasteiger partial charge in [0.25, 0.3) is 0 Å². The van der Waals surface area contributed by atoms with Gasteiger partial charge in [0.2, 0.25) is 0 Å². The van der Waals surface area contributed by atoms with Gasteiger partial charge in [-0.05, 0) is 0 Å². The van der Waals surface area contributed by atoms with Gasteiger partial charge in [-0.3, -0.25) is 14.2 Å². The summed E-state index contributed by atoms with van der Waals surface area (Å²) in [4.78, 5) is 37.2. The zero-order chi connectivity index (χ0) is 20.5. The van der Waals surface area contributed by atoms with Crippen molar-refractivity contribution < 1.29 is 42.1 Å². The lowest BCUT2D eigenvalue weighted by atomic mass is 10.1. The van der Waals surface area contributed by atoms with Gasteiger partial charge in [-0.1, -0.05) is 0 Å². The van der Waals surface area contributed by atoms with E-state index in [0.717, 1.165) is 13.8 Å². The normalized spacial score (nSPS) is 25.3. The predicted molar refractivity (Wildman–Crippen MR) is 80.0 cm³/mol. The molecule has 150 valence electrons. The summed E-state index contributed by atoms with van der Waals surface area (Å²) in [5.41, 5.74) is 2.50. The lowest BCUT2D eigenvalue weighted by molar-refractivity contribution is -0.157. The van der Waals surface area contributed by atoms with Crippen LogP contribution in [-0.4, -0.2) is 51.5 Å². The Kier molecular flexibility index (Phi) is 5.75. The summed E-state index contributed by atoms with van der Waals surface area (Å²) in [6.45, 7) is 1.65. The van der Waals surface area contributed by atoms with Crippen molar-refractivity contribution in [2.75, 3.05) is 12.3 Å². The molecule has 2 heterocycles. The van der Waals surface area contributed by atoms with E-state index in [1.54, 1.807) is 0 Å². The zero-order valence-corrected chi connectivity index (χ0v) is 14.1. The van der Waals surface area contributed by atoms with Crippen LogP contribution in [0.15, 0.2) is 11.0 Å². The highest BCUT2D eigenvalue weighted by atomic mass is 19.4. The van der Waals surface area contributed by atoms with Crippen LogP contribution in [0.1, 0.15) is 25.6 Å². The first kappa shape index (κ1) is 20.6. The van der Waals surface area contributed by atoms with Crippen molar-refractivity contribution in [2.24, 2.45) is 0 Å². The number of esters is 2. The van der Waals surface area contributed by atoms with E-state index >= 15 is 0 Å². The Hall–Kier alpha value is -2.67. The van der Waals surface area contributed by atoms with Gasteiger partial charge in [0.15, 0.2) is 12.3 Å². The molecule has 0 spiro atoms. The van der Waals surface area contributed by atoms with E-state index < -0.39 is 66.3 Å². The molecule has 0 aliphatic carbocycles. The van der Waals surface area contributed by atoms with Crippen molar-refractivity contribution in [3.63, 3.8) is 0 Å². The molecule has 0 radical (unpaired) electrons. The summed E-state index contributed by atoms with van der Waals surface area (Å²) in [6, 6.07) is 0. The Morgan fingerprint density at radius 3 is 2.52 bits per heavy atom. The molecule has 1 fully saturated rings. The van der Waals surface area contributed by atoms with Crippen molar-refractivity contribution in [3.05, 3.63) is 22.2 Å². The van der Waals surface area contributed by atoms with Crippen LogP contribution in [0.25, 0.3) is 0 Å². The zero-order valence-electron chi connectivity index (χ0n) is 14.1. The molecule has 0 unspecified atom stereocenters. The van der Waals surface area contributed by atoms with Crippen molar-refractivity contribution in [2.45, 2.75) is 44.6 Å². The molecule has 1 aliphatic heterocycles. The van der Waals surface area contributed by atoms with Gasteiger partial charge in [-0.2, -0.15) is 18.2 Å². The third-order valence-corrected chi connectivity index (χ3v) is 3.62. The molecular weight excluding hydrogens is 379 g/mol. The van der Waals surface area contributed by atoms with E-state index in [-0.39, 0.29) is 0 Å². The second kappa shape index (κ2) is 7.52. The molecular formula is C14H16F3N3O7. The van der Waals surface area contributed by atoms with E-state index in [9.17, 15) is 32.7 Å².